The Bertz CT molecular complexity index is 1190. The molecular weight excluding hydrogens is 474 g/mol. The third kappa shape index (κ3) is 4.82. The number of hydrogen-bond acceptors (Lipinski definition) is 10. The molecule has 0 spiro atoms. The topological polar surface area (TPSA) is 172 Å². The van der Waals surface area contributed by atoms with Crippen molar-refractivity contribution in [3.8, 4) is 11.9 Å². The molecule has 0 amide bonds. The van der Waals surface area contributed by atoms with E-state index in [1.54, 1.807) is 16.4 Å². The van der Waals surface area contributed by atoms with E-state index in [4.69, 9.17) is 10.00 Å². The number of aromatic amines is 1. The monoisotopic (exact) mass is 503 g/mol. The maximum atomic E-state index is 13.1. The Morgan fingerprint density at radius 2 is 1.97 bits per heavy atom. The molecule has 35 heavy (non-hydrogen) atoms. The van der Waals surface area contributed by atoms with E-state index in [0.717, 1.165) is 25.7 Å². The van der Waals surface area contributed by atoms with Crippen LogP contribution in [0.4, 0.5) is 11.6 Å². The Hall–Kier alpha value is -2.83. The van der Waals surface area contributed by atoms with Crippen molar-refractivity contribution in [2.75, 3.05) is 25.5 Å². The van der Waals surface area contributed by atoms with Crippen LogP contribution < -0.4 is 15.4 Å². The Morgan fingerprint density at radius 3 is 2.60 bits per heavy atom. The molecule has 2 aromatic heterocycles. The number of H-pyrrole nitrogens is 1. The number of methoxy groups -OCH3 is 1. The third-order valence-electron chi connectivity index (χ3n) is 6.85. The highest BCUT2D eigenvalue weighted by atomic mass is 32.2. The van der Waals surface area contributed by atoms with Gasteiger partial charge in [-0.25, -0.2) is 4.98 Å². The molecule has 14 heteroatoms. The molecule has 0 aromatic carbocycles. The number of anilines is 2. The van der Waals surface area contributed by atoms with Crippen molar-refractivity contribution in [3.63, 3.8) is 0 Å². The minimum absolute atomic E-state index is 0.0405. The van der Waals surface area contributed by atoms with Crippen LogP contribution >= 0.6 is 0 Å². The Kier molecular flexibility index (Phi) is 6.60. The summed E-state index contributed by atoms with van der Waals surface area (Å²) in [4.78, 5) is 8.96. The molecule has 3 aliphatic rings. The Morgan fingerprint density at radius 1 is 1.23 bits per heavy atom. The summed E-state index contributed by atoms with van der Waals surface area (Å²) < 4.78 is 34.7. The summed E-state index contributed by atoms with van der Waals surface area (Å²) in [6.07, 6.45) is 3.14. The van der Waals surface area contributed by atoms with E-state index in [9.17, 15) is 13.5 Å². The van der Waals surface area contributed by atoms with Gasteiger partial charge in [0.2, 0.25) is 5.88 Å². The minimum atomic E-state index is -3.53. The highest BCUT2D eigenvalue weighted by Crippen LogP contribution is 2.40. The summed E-state index contributed by atoms with van der Waals surface area (Å²) >= 11 is 0. The number of rotatable bonds is 9. The van der Waals surface area contributed by atoms with E-state index >= 15 is 0 Å². The van der Waals surface area contributed by atoms with Crippen molar-refractivity contribution < 1.29 is 18.3 Å². The maximum absolute atomic E-state index is 13.1. The molecule has 3 saturated heterocycles. The number of nitriles is 1. The van der Waals surface area contributed by atoms with Gasteiger partial charge >= 0.3 is 0 Å². The van der Waals surface area contributed by atoms with Crippen molar-refractivity contribution in [3.05, 3.63) is 23.7 Å². The second-order valence-electron chi connectivity index (χ2n) is 9.19. The zero-order chi connectivity index (χ0) is 24.6. The summed E-state index contributed by atoms with van der Waals surface area (Å²) in [7, 11) is -1.99. The van der Waals surface area contributed by atoms with E-state index in [1.807, 2.05) is 0 Å². The van der Waals surface area contributed by atoms with Crippen molar-refractivity contribution in [2.24, 2.45) is 5.92 Å². The van der Waals surface area contributed by atoms with Crippen LogP contribution in [0, 0.1) is 17.2 Å². The van der Waals surface area contributed by atoms with Crippen molar-refractivity contribution in [1.82, 2.24) is 34.1 Å². The normalized spacial score (nSPS) is 25.2. The fourth-order valence-electron chi connectivity index (χ4n) is 5.11. The molecule has 13 nitrogen and oxygen atoms in total. The number of ether oxygens (including phenoxy) is 1. The highest BCUT2D eigenvalue weighted by molar-refractivity contribution is 7.86. The molecule has 4 N–H and O–H groups in total. The lowest BCUT2D eigenvalue weighted by Gasteiger charge is -2.43. The predicted octanol–water partition coefficient (Wildman–Crippen LogP) is 0.229. The van der Waals surface area contributed by atoms with E-state index in [2.05, 4.69) is 36.9 Å². The molecule has 188 valence electrons. The zero-order valence-electron chi connectivity index (χ0n) is 19.4. The first-order valence-electron chi connectivity index (χ1n) is 11.6. The zero-order valence-corrected chi connectivity index (χ0v) is 20.2. The molecule has 0 radical (unpaired) electrons. The fraction of sp³-hybridized carbons (Fsp3) is 0.619. The largest absolute Gasteiger partial charge is 0.481 e. The second kappa shape index (κ2) is 9.67. The van der Waals surface area contributed by atoms with E-state index < -0.39 is 10.2 Å². The van der Waals surface area contributed by atoms with Gasteiger partial charge in [0, 0.05) is 43.3 Å². The van der Waals surface area contributed by atoms with E-state index in [0.29, 0.717) is 48.7 Å². The van der Waals surface area contributed by atoms with Crippen LogP contribution in [0.2, 0.25) is 0 Å². The van der Waals surface area contributed by atoms with Gasteiger partial charge in [-0.15, -0.1) is 0 Å². The average Bonchev–Trinajstić information content (AvgIpc) is 3.38. The number of aromatic nitrogens is 4. The lowest BCUT2D eigenvalue weighted by Crippen LogP contribution is -2.60. The highest BCUT2D eigenvalue weighted by Gasteiger charge is 2.50. The second-order valence-corrected chi connectivity index (χ2v) is 11.0. The summed E-state index contributed by atoms with van der Waals surface area (Å²) in [5.74, 6) is 1.77. The molecule has 0 aliphatic carbocycles. The number of nitrogens with zero attached hydrogens (tertiary/aromatic N) is 6. The number of nitrogens with one attached hydrogen (secondary N) is 3. The summed E-state index contributed by atoms with van der Waals surface area (Å²) in [6.45, 7) is 0.845. The molecule has 2 atom stereocenters. The molecule has 5 heterocycles. The van der Waals surface area contributed by atoms with Gasteiger partial charge in [-0.3, -0.25) is 5.10 Å². The van der Waals surface area contributed by atoms with Crippen LogP contribution in [0.15, 0.2) is 12.1 Å². The first kappa shape index (κ1) is 23.9. The van der Waals surface area contributed by atoms with Crippen molar-refractivity contribution in [1.29, 1.82) is 5.26 Å². The number of hydrogen-bond donors (Lipinski definition) is 4. The molecule has 2 unspecified atom stereocenters. The van der Waals surface area contributed by atoms with Gasteiger partial charge in [0.15, 0.2) is 5.82 Å². The van der Waals surface area contributed by atoms with Crippen molar-refractivity contribution in [2.45, 2.75) is 57.0 Å². The van der Waals surface area contributed by atoms with Crippen molar-refractivity contribution >= 4 is 21.8 Å². The summed E-state index contributed by atoms with van der Waals surface area (Å²) in [5.41, 5.74) is 0.581. The van der Waals surface area contributed by atoms with Crippen LogP contribution in [0.5, 0.6) is 5.88 Å². The molecule has 2 bridgehead atoms. The van der Waals surface area contributed by atoms with Gasteiger partial charge in [0.05, 0.1) is 37.9 Å². The number of piperidine rings is 1. The summed E-state index contributed by atoms with van der Waals surface area (Å²) in [5, 5.41) is 31.6. The quantitative estimate of drug-likeness (QED) is 0.371. The first-order valence-corrected chi connectivity index (χ1v) is 13.0. The SMILES string of the molecule is COc1cc(Nc2cc(CO)[nH]n2)nc(CNC2CC3CCC(C2)N3S(=O)(=O)N2CC(C#N)C2)n1. The smallest absolute Gasteiger partial charge is 0.282 e. The van der Waals surface area contributed by atoms with Gasteiger partial charge in [-0.2, -0.15) is 32.4 Å². The maximum Gasteiger partial charge on any atom is 0.282 e. The molecule has 3 aliphatic heterocycles. The fourth-order valence-corrected chi connectivity index (χ4v) is 7.25. The standard InChI is InChI=1S/C21H29N9O4S/c1-34-21-7-18(24-19-6-15(12-31)27-28-19)25-20(26-21)9-23-14-4-16-2-3-17(5-14)30(16)35(32,33)29-10-13(8-22)11-29/h6-7,13-14,16-17,23,31H,2-5,9-12H2,1H3,(H2,24,25,26,27,28). The van der Waals surface area contributed by atoms with Gasteiger partial charge < -0.3 is 20.5 Å². The van der Waals surface area contributed by atoms with Crippen LogP contribution in [-0.4, -0.2) is 80.6 Å². The average molecular weight is 504 g/mol. The van der Waals surface area contributed by atoms with E-state index in [1.165, 1.54) is 11.4 Å². The Labute approximate surface area is 203 Å². The molecule has 2 aromatic rings. The minimum Gasteiger partial charge on any atom is -0.481 e. The third-order valence-corrected chi connectivity index (χ3v) is 8.93. The van der Waals surface area contributed by atoms with Gasteiger partial charge in [-0.05, 0) is 25.7 Å². The lowest BCUT2D eigenvalue weighted by molar-refractivity contribution is 0.168. The van der Waals surface area contributed by atoms with Gasteiger partial charge in [-0.1, -0.05) is 0 Å². The number of aliphatic hydroxyl groups excluding tert-OH is 1. The molecule has 5 rings (SSSR count). The lowest BCUT2D eigenvalue weighted by atomic mass is 10.00. The van der Waals surface area contributed by atoms with Gasteiger partial charge in [0.1, 0.15) is 11.6 Å². The van der Waals surface area contributed by atoms with Crippen LogP contribution in [-0.2, 0) is 23.4 Å². The van der Waals surface area contributed by atoms with Gasteiger partial charge in [0.25, 0.3) is 10.2 Å². The van der Waals surface area contributed by atoms with Crippen LogP contribution in [0.25, 0.3) is 0 Å². The van der Waals surface area contributed by atoms with Crippen LogP contribution in [0.1, 0.15) is 37.2 Å². The number of aliphatic hydroxyl groups is 1. The van der Waals surface area contributed by atoms with Crippen LogP contribution in [0.3, 0.4) is 0 Å². The first-order chi connectivity index (χ1) is 16.9. The predicted molar refractivity (Wildman–Crippen MR) is 124 cm³/mol. The summed E-state index contributed by atoms with van der Waals surface area (Å²) in [6, 6.07) is 5.55. The van der Waals surface area contributed by atoms with E-state index in [-0.39, 0.29) is 30.7 Å². The molecular formula is C21H29N9O4S. The molecule has 3 fully saturated rings. The Balaban J connectivity index is 1.21. The number of fused-ring (bicyclic) bond motifs is 2. The molecule has 0 saturated carbocycles.